The minimum atomic E-state index is -0.409. The summed E-state index contributed by atoms with van der Waals surface area (Å²) in [6.07, 6.45) is 0. The molecule has 0 aliphatic rings. The molecule has 0 saturated heterocycles. The van der Waals surface area contributed by atoms with Crippen molar-refractivity contribution in [2.45, 2.75) is 0 Å². The fourth-order valence-corrected chi connectivity index (χ4v) is 4.80. The number of methoxy groups -OCH3 is 1. The van der Waals surface area contributed by atoms with Crippen molar-refractivity contribution in [3.05, 3.63) is 95.8 Å². The molecular formula is C29H20N2O3. The minimum Gasteiger partial charge on any atom is -0.465 e. The van der Waals surface area contributed by atoms with Gasteiger partial charge in [0.2, 0.25) is 0 Å². The number of carbonyl (C=O) groups is 1. The molecular weight excluding hydrogens is 424 g/mol. The van der Waals surface area contributed by atoms with E-state index >= 15 is 0 Å². The lowest BCUT2D eigenvalue weighted by atomic mass is 9.91. The quantitative estimate of drug-likeness (QED) is 0.140. The van der Waals surface area contributed by atoms with Crippen LogP contribution in [0.4, 0.5) is 5.69 Å². The van der Waals surface area contributed by atoms with E-state index in [0.29, 0.717) is 27.8 Å². The van der Waals surface area contributed by atoms with Gasteiger partial charge in [-0.2, -0.15) is 0 Å². The van der Waals surface area contributed by atoms with Crippen LogP contribution >= 0.6 is 0 Å². The molecule has 5 aromatic carbocycles. The van der Waals surface area contributed by atoms with E-state index < -0.39 is 5.97 Å². The van der Waals surface area contributed by atoms with Gasteiger partial charge in [-0.15, -0.1) is 0 Å². The van der Waals surface area contributed by atoms with Crippen molar-refractivity contribution < 1.29 is 13.9 Å². The van der Waals surface area contributed by atoms with Crippen LogP contribution in [0.5, 0.6) is 0 Å². The molecule has 164 valence electrons. The van der Waals surface area contributed by atoms with Crippen LogP contribution in [0.15, 0.2) is 89.3 Å². The summed E-state index contributed by atoms with van der Waals surface area (Å²) >= 11 is 0. The second kappa shape index (κ2) is 7.46. The van der Waals surface area contributed by atoms with Crippen molar-refractivity contribution in [2.75, 3.05) is 12.8 Å². The highest BCUT2D eigenvalue weighted by Crippen LogP contribution is 2.42. The number of rotatable bonds is 2. The Morgan fingerprint density at radius 3 is 2.38 bits per heavy atom. The summed E-state index contributed by atoms with van der Waals surface area (Å²) in [5.41, 5.74) is 10.1. The number of anilines is 1. The lowest BCUT2D eigenvalue weighted by molar-refractivity contribution is 0.0601. The van der Waals surface area contributed by atoms with Crippen LogP contribution in [-0.2, 0) is 4.74 Å². The third-order valence-electron chi connectivity index (χ3n) is 6.34. The van der Waals surface area contributed by atoms with Gasteiger partial charge >= 0.3 is 5.97 Å². The highest BCUT2D eigenvalue weighted by atomic mass is 16.5. The van der Waals surface area contributed by atoms with Crippen molar-refractivity contribution in [3.8, 4) is 11.1 Å². The van der Waals surface area contributed by atoms with Gasteiger partial charge in [0, 0.05) is 27.4 Å². The number of nitrogen functional groups attached to an aromatic ring is 1. The van der Waals surface area contributed by atoms with Crippen LogP contribution in [0.2, 0.25) is 0 Å². The molecule has 34 heavy (non-hydrogen) atoms. The fraction of sp³-hybridized carbons (Fsp3) is 0.0345. The highest BCUT2D eigenvalue weighted by Gasteiger charge is 2.21. The smallest absolute Gasteiger partial charge is 0.338 e. The molecule has 0 unspecified atom stereocenters. The molecule has 0 aliphatic heterocycles. The molecule has 0 atom stereocenters. The Labute approximate surface area is 194 Å². The van der Waals surface area contributed by atoms with Gasteiger partial charge in [-0.05, 0) is 58.8 Å². The zero-order chi connectivity index (χ0) is 23.4. The summed E-state index contributed by atoms with van der Waals surface area (Å²) in [7, 11) is 1.38. The first-order valence-corrected chi connectivity index (χ1v) is 10.9. The lowest BCUT2D eigenvalue weighted by Gasteiger charge is -2.16. The minimum absolute atomic E-state index is 0.378. The predicted octanol–water partition coefficient (Wildman–Crippen LogP) is 6.41. The molecule has 0 amide bonds. The normalized spacial score (nSPS) is 11.4. The molecule has 1 heterocycles. The molecule has 1 aromatic heterocycles. The van der Waals surface area contributed by atoms with Crippen molar-refractivity contribution in [3.63, 3.8) is 0 Å². The van der Waals surface area contributed by atoms with E-state index in [1.54, 1.807) is 12.1 Å². The van der Waals surface area contributed by atoms with Crippen molar-refractivity contribution in [1.82, 2.24) is 0 Å². The SMILES string of the molecule is COC(=O)c1ccccc1-c1c2ccc3cc(N)ccc3c2oc2c1ccc1cccc(=N)c12. The number of hydrogen-bond acceptors (Lipinski definition) is 5. The Hall–Kier alpha value is -4.64. The van der Waals surface area contributed by atoms with E-state index in [1.807, 2.05) is 72.8 Å². The van der Waals surface area contributed by atoms with Crippen LogP contribution in [0, 0.1) is 5.41 Å². The Morgan fingerprint density at radius 1 is 0.824 bits per heavy atom. The standard InChI is InChI=1S/C29H20N2O3/c1-33-29(32)21-7-3-2-6-20(21)26-22-13-10-17-15-18(30)11-14-19(17)27(22)34-28-23(26)12-9-16-5-4-8-24(31)25(16)28/h2-15,31H,30H2,1H3. The monoisotopic (exact) mass is 444 g/mol. The lowest BCUT2D eigenvalue weighted by Crippen LogP contribution is -2.04. The Balaban J connectivity index is 1.90. The number of nitrogens with two attached hydrogens (primary N) is 1. The van der Waals surface area contributed by atoms with Gasteiger partial charge in [0.15, 0.2) is 0 Å². The number of esters is 1. The van der Waals surface area contributed by atoms with E-state index in [4.69, 9.17) is 20.3 Å². The van der Waals surface area contributed by atoms with Crippen molar-refractivity contribution in [2.24, 2.45) is 0 Å². The predicted molar refractivity (Wildman–Crippen MR) is 136 cm³/mol. The average Bonchev–Trinajstić information content (AvgIpc) is 2.86. The van der Waals surface area contributed by atoms with E-state index in [-0.39, 0.29) is 0 Å². The maximum atomic E-state index is 12.7. The van der Waals surface area contributed by atoms with Crippen LogP contribution < -0.4 is 11.1 Å². The van der Waals surface area contributed by atoms with E-state index in [0.717, 1.165) is 43.4 Å². The maximum Gasteiger partial charge on any atom is 0.338 e. The molecule has 6 aromatic rings. The van der Waals surface area contributed by atoms with Gasteiger partial charge in [-0.3, -0.25) is 0 Å². The van der Waals surface area contributed by atoms with Gasteiger partial charge in [-0.1, -0.05) is 42.5 Å². The second-order valence-corrected chi connectivity index (χ2v) is 8.28. The Kier molecular flexibility index (Phi) is 4.39. The van der Waals surface area contributed by atoms with Gasteiger partial charge in [0.25, 0.3) is 0 Å². The Bertz CT molecular complexity index is 1850. The van der Waals surface area contributed by atoms with Crippen molar-refractivity contribution >= 4 is 55.1 Å². The highest BCUT2D eigenvalue weighted by molar-refractivity contribution is 6.20. The van der Waals surface area contributed by atoms with Crippen molar-refractivity contribution in [1.29, 1.82) is 5.41 Å². The zero-order valence-electron chi connectivity index (χ0n) is 18.4. The zero-order valence-corrected chi connectivity index (χ0v) is 18.4. The maximum absolute atomic E-state index is 12.7. The molecule has 0 aliphatic carbocycles. The van der Waals surface area contributed by atoms with Gasteiger partial charge in [-0.25, -0.2) is 4.79 Å². The molecule has 5 nitrogen and oxygen atoms in total. The first-order chi connectivity index (χ1) is 16.6. The van der Waals surface area contributed by atoms with E-state index in [1.165, 1.54) is 7.11 Å². The molecule has 0 bridgehead atoms. The molecule has 0 spiro atoms. The second-order valence-electron chi connectivity index (χ2n) is 8.28. The van der Waals surface area contributed by atoms with Crippen LogP contribution in [0.3, 0.4) is 0 Å². The number of fused-ring (bicyclic) bond motifs is 6. The molecule has 0 saturated carbocycles. The summed E-state index contributed by atoms with van der Waals surface area (Å²) in [4.78, 5) is 12.7. The summed E-state index contributed by atoms with van der Waals surface area (Å²) in [6, 6.07) is 26.7. The third-order valence-corrected chi connectivity index (χ3v) is 6.34. The summed E-state index contributed by atoms with van der Waals surface area (Å²) < 4.78 is 11.7. The number of nitrogens with one attached hydrogen (secondary N) is 1. The van der Waals surface area contributed by atoms with Gasteiger partial charge in [0.05, 0.1) is 23.4 Å². The van der Waals surface area contributed by atoms with Crippen LogP contribution in [-0.4, -0.2) is 13.1 Å². The van der Waals surface area contributed by atoms with Crippen LogP contribution in [0.25, 0.3) is 54.6 Å². The molecule has 5 heteroatoms. The first kappa shape index (κ1) is 20.0. The number of ether oxygens (including phenoxy) is 1. The average molecular weight is 444 g/mol. The van der Waals surface area contributed by atoms with E-state index in [9.17, 15) is 4.79 Å². The number of benzene rings is 5. The third kappa shape index (κ3) is 2.87. The molecule has 0 radical (unpaired) electrons. The fourth-order valence-electron chi connectivity index (χ4n) is 4.80. The number of carbonyl (C=O) groups excluding carboxylic acids is 1. The van der Waals surface area contributed by atoms with Crippen LogP contribution in [0.1, 0.15) is 10.4 Å². The summed E-state index contributed by atoms with van der Waals surface area (Å²) in [5.74, 6) is -0.409. The van der Waals surface area contributed by atoms with Gasteiger partial charge in [0.1, 0.15) is 11.2 Å². The largest absolute Gasteiger partial charge is 0.465 e. The summed E-state index contributed by atoms with van der Waals surface area (Å²) in [6.45, 7) is 0. The van der Waals surface area contributed by atoms with E-state index in [2.05, 4.69) is 0 Å². The topological polar surface area (TPSA) is 89.3 Å². The van der Waals surface area contributed by atoms with Gasteiger partial charge < -0.3 is 20.3 Å². The molecule has 0 fully saturated rings. The first-order valence-electron chi connectivity index (χ1n) is 10.9. The molecule has 6 rings (SSSR count). The number of hydrogen-bond donors (Lipinski definition) is 2. The molecule has 3 N–H and O–H groups in total. The summed E-state index contributed by atoms with van der Waals surface area (Å²) in [5, 5.41) is 14.2. The Morgan fingerprint density at radius 2 is 1.56 bits per heavy atom.